The van der Waals surface area contributed by atoms with Gasteiger partial charge in [-0.05, 0) is 49.8 Å². The lowest BCUT2D eigenvalue weighted by Crippen LogP contribution is -2.43. The van der Waals surface area contributed by atoms with Gasteiger partial charge in [0.05, 0.1) is 25.6 Å². The van der Waals surface area contributed by atoms with Crippen LogP contribution in [0.1, 0.15) is 69.2 Å². The Labute approximate surface area is 166 Å². The summed E-state index contributed by atoms with van der Waals surface area (Å²) >= 11 is 0. The van der Waals surface area contributed by atoms with E-state index in [2.05, 4.69) is 13.8 Å². The van der Waals surface area contributed by atoms with Gasteiger partial charge in [0, 0.05) is 12.5 Å². The average Bonchev–Trinajstić information content (AvgIpc) is 3.42. The molecular formula is C22H30N4O2. The highest BCUT2D eigenvalue weighted by Crippen LogP contribution is 2.40. The third-order valence-corrected chi connectivity index (χ3v) is 5.49. The van der Waals surface area contributed by atoms with Crippen molar-refractivity contribution in [3.63, 3.8) is 0 Å². The largest absolute Gasteiger partial charge is 0.494 e. The van der Waals surface area contributed by atoms with Crippen molar-refractivity contribution in [1.82, 2.24) is 19.7 Å². The molecule has 0 spiro atoms. The fourth-order valence-corrected chi connectivity index (χ4v) is 3.92. The first-order valence-corrected chi connectivity index (χ1v) is 10.5. The van der Waals surface area contributed by atoms with Crippen molar-refractivity contribution in [3.05, 3.63) is 41.5 Å². The molecule has 2 aromatic rings. The fourth-order valence-electron chi connectivity index (χ4n) is 3.92. The van der Waals surface area contributed by atoms with E-state index < -0.39 is 0 Å². The zero-order chi connectivity index (χ0) is 19.7. The van der Waals surface area contributed by atoms with Crippen LogP contribution in [0.4, 0.5) is 0 Å². The van der Waals surface area contributed by atoms with Gasteiger partial charge < -0.3 is 9.64 Å². The zero-order valence-corrected chi connectivity index (χ0v) is 17.1. The number of benzene rings is 1. The Morgan fingerprint density at radius 1 is 1.21 bits per heavy atom. The lowest BCUT2D eigenvalue weighted by atomic mass is 9.99. The van der Waals surface area contributed by atoms with Crippen molar-refractivity contribution in [3.8, 4) is 5.75 Å². The minimum atomic E-state index is 0.0175. The van der Waals surface area contributed by atoms with Crippen LogP contribution in [0, 0.1) is 5.92 Å². The Hall–Kier alpha value is -2.37. The second-order valence-electron chi connectivity index (χ2n) is 8.31. The van der Waals surface area contributed by atoms with E-state index >= 15 is 0 Å². The highest BCUT2D eigenvalue weighted by atomic mass is 16.5. The van der Waals surface area contributed by atoms with E-state index in [1.54, 1.807) is 0 Å². The Bertz CT molecular complexity index is 824. The molecule has 28 heavy (non-hydrogen) atoms. The maximum Gasteiger partial charge on any atom is 0.227 e. The first-order chi connectivity index (χ1) is 13.5. The Morgan fingerprint density at radius 3 is 2.61 bits per heavy atom. The van der Waals surface area contributed by atoms with Crippen LogP contribution < -0.4 is 4.74 Å². The predicted molar refractivity (Wildman–Crippen MR) is 107 cm³/mol. The minimum Gasteiger partial charge on any atom is -0.494 e. The van der Waals surface area contributed by atoms with Gasteiger partial charge in [0.1, 0.15) is 11.6 Å². The molecule has 1 amide bonds. The maximum absolute atomic E-state index is 13.2. The lowest BCUT2D eigenvalue weighted by molar-refractivity contribution is -0.134. The average molecular weight is 383 g/mol. The molecule has 1 aromatic carbocycles. The van der Waals surface area contributed by atoms with E-state index in [-0.39, 0.29) is 11.9 Å². The van der Waals surface area contributed by atoms with Crippen molar-refractivity contribution < 1.29 is 9.53 Å². The number of hydrogen-bond donors (Lipinski definition) is 0. The van der Waals surface area contributed by atoms with E-state index in [9.17, 15) is 4.79 Å². The number of hydrogen-bond acceptors (Lipinski definition) is 4. The van der Waals surface area contributed by atoms with E-state index in [4.69, 9.17) is 14.8 Å². The van der Waals surface area contributed by atoms with Gasteiger partial charge in [0.2, 0.25) is 5.91 Å². The molecule has 1 aromatic heterocycles. The summed E-state index contributed by atoms with van der Waals surface area (Å²) in [5, 5.41) is 4.73. The van der Waals surface area contributed by atoms with E-state index in [0.29, 0.717) is 31.4 Å². The lowest BCUT2D eigenvalue weighted by Gasteiger charge is -2.36. The number of nitrogens with zero attached hydrogens (tertiary/aromatic N) is 4. The molecular weight excluding hydrogens is 352 g/mol. The zero-order valence-electron chi connectivity index (χ0n) is 17.1. The summed E-state index contributed by atoms with van der Waals surface area (Å²) in [6, 6.07) is 7.86. The summed E-state index contributed by atoms with van der Waals surface area (Å²) in [5.41, 5.74) is 1.02. The molecule has 150 valence electrons. The molecule has 2 heterocycles. The second kappa shape index (κ2) is 7.94. The van der Waals surface area contributed by atoms with Gasteiger partial charge >= 0.3 is 0 Å². The van der Waals surface area contributed by atoms with Crippen LogP contribution in [0.15, 0.2) is 24.3 Å². The quantitative estimate of drug-likeness (QED) is 0.732. The third-order valence-electron chi connectivity index (χ3n) is 5.49. The summed E-state index contributed by atoms with van der Waals surface area (Å²) in [4.78, 5) is 20.1. The van der Waals surface area contributed by atoms with Crippen molar-refractivity contribution in [2.45, 2.75) is 65.0 Å². The smallest absolute Gasteiger partial charge is 0.227 e. The van der Waals surface area contributed by atoms with E-state index in [0.717, 1.165) is 35.9 Å². The Balaban J connectivity index is 1.52. The Morgan fingerprint density at radius 2 is 1.96 bits per heavy atom. The summed E-state index contributed by atoms with van der Waals surface area (Å²) in [6.45, 7) is 8.45. The minimum absolute atomic E-state index is 0.0175. The second-order valence-corrected chi connectivity index (χ2v) is 8.31. The maximum atomic E-state index is 13.2. The van der Waals surface area contributed by atoms with Crippen LogP contribution in [0.25, 0.3) is 0 Å². The monoisotopic (exact) mass is 382 g/mol. The number of aromatic nitrogens is 3. The van der Waals surface area contributed by atoms with Gasteiger partial charge in [-0.25, -0.2) is 9.67 Å². The molecule has 0 saturated heterocycles. The number of ether oxygens (including phenoxy) is 1. The third kappa shape index (κ3) is 4.05. The van der Waals surface area contributed by atoms with Crippen LogP contribution in [0.2, 0.25) is 0 Å². The van der Waals surface area contributed by atoms with Crippen LogP contribution in [-0.2, 0) is 17.8 Å². The van der Waals surface area contributed by atoms with Gasteiger partial charge in [-0.15, -0.1) is 0 Å². The van der Waals surface area contributed by atoms with Gasteiger partial charge in [0.15, 0.2) is 5.82 Å². The topological polar surface area (TPSA) is 60.2 Å². The summed E-state index contributed by atoms with van der Waals surface area (Å²) < 4.78 is 7.54. The summed E-state index contributed by atoms with van der Waals surface area (Å²) in [5.74, 6) is 3.97. The van der Waals surface area contributed by atoms with Crippen molar-refractivity contribution >= 4 is 5.91 Å². The first-order valence-electron chi connectivity index (χ1n) is 10.5. The number of rotatable bonds is 7. The first kappa shape index (κ1) is 19.0. The molecule has 1 fully saturated rings. The van der Waals surface area contributed by atoms with Crippen molar-refractivity contribution in [1.29, 1.82) is 0 Å². The van der Waals surface area contributed by atoms with Crippen LogP contribution in [-0.4, -0.2) is 38.7 Å². The molecule has 2 aliphatic rings. The van der Waals surface area contributed by atoms with E-state index in [1.165, 1.54) is 12.8 Å². The standard InChI is InChI=1S/C22H30N4O2/c1-4-28-18-9-5-16(6-10-18)14-20(27)25-11-12-26-22(19(25)13-15(2)3)23-21(24-26)17-7-8-17/h5-6,9-10,15,17,19H,4,7-8,11-14H2,1-3H3/t19-/m0/s1. The van der Waals surface area contributed by atoms with Crippen LogP contribution >= 0.6 is 0 Å². The van der Waals surface area contributed by atoms with Crippen molar-refractivity contribution in [2.75, 3.05) is 13.2 Å². The van der Waals surface area contributed by atoms with E-state index in [1.807, 2.05) is 40.8 Å². The molecule has 1 aliphatic carbocycles. The molecule has 6 nitrogen and oxygen atoms in total. The number of fused-ring (bicyclic) bond motifs is 1. The summed E-state index contributed by atoms with van der Waals surface area (Å²) in [6.07, 6.45) is 3.71. The SMILES string of the molecule is CCOc1ccc(CC(=O)N2CCn3nc(C4CC4)nc3[C@@H]2CC(C)C)cc1. The van der Waals surface area contributed by atoms with Gasteiger partial charge in [-0.1, -0.05) is 26.0 Å². The number of carbonyl (C=O) groups is 1. The number of amides is 1. The molecule has 0 radical (unpaired) electrons. The predicted octanol–water partition coefficient (Wildman–Crippen LogP) is 3.73. The Kier molecular flexibility index (Phi) is 5.38. The van der Waals surface area contributed by atoms with Crippen LogP contribution in [0.5, 0.6) is 5.75 Å². The normalized spacial score (nSPS) is 19.0. The molecule has 0 bridgehead atoms. The molecule has 6 heteroatoms. The molecule has 1 aliphatic heterocycles. The summed E-state index contributed by atoms with van der Waals surface area (Å²) in [7, 11) is 0. The van der Waals surface area contributed by atoms with Crippen molar-refractivity contribution in [2.24, 2.45) is 5.92 Å². The highest BCUT2D eigenvalue weighted by Gasteiger charge is 2.36. The van der Waals surface area contributed by atoms with Gasteiger partial charge in [-0.3, -0.25) is 4.79 Å². The highest BCUT2D eigenvalue weighted by molar-refractivity contribution is 5.79. The van der Waals surface area contributed by atoms with Gasteiger partial charge in [0.25, 0.3) is 0 Å². The fraction of sp³-hybridized carbons (Fsp3) is 0.591. The molecule has 1 atom stereocenters. The van der Waals surface area contributed by atoms with Crippen LogP contribution in [0.3, 0.4) is 0 Å². The molecule has 1 saturated carbocycles. The number of carbonyl (C=O) groups excluding carboxylic acids is 1. The molecule has 0 N–H and O–H groups in total. The molecule has 0 unspecified atom stereocenters. The molecule has 4 rings (SSSR count). The van der Waals surface area contributed by atoms with Gasteiger partial charge in [-0.2, -0.15) is 5.10 Å².